The number of hydrogen-bond donors (Lipinski definition) is 0. The molecule has 0 heterocycles. The summed E-state index contributed by atoms with van der Waals surface area (Å²) in [7, 11) is 0. The van der Waals surface area contributed by atoms with Crippen molar-refractivity contribution in [2.24, 2.45) is 0 Å². The van der Waals surface area contributed by atoms with Crippen molar-refractivity contribution < 1.29 is 92.2 Å². The van der Waals surface area contributed by atoms with Gasteiger partial charge in [-0.1, -0.05) is 0 Å². The first-order chi connectivity index (χ1) is 18.1. The fraction of sp³-hybridized carbons (Fsp3) is 0.300. The van der Waals surface area contributed by atoms with E-state index in [2.05, 4.69) is 0 Å². The third kappa shape index (κ3) is 4.03. The van der Waals surface area contributed by atoms with Gasteiger partial charge in [-0.3, -0.25) is 0 Å². The number of alkyl halides is 14. The zero-order valence-corrected chi connectivity index (χ0v) is 17.9. The lowest BCUT2D eigenvalue weighted by Gasteiger charge is -2.33. The summed E-state index contributed by atoms with van der Waals surface area (Å²) in [6.45, 7) is 0. The Bertz CT molecular complexity index is 1570. The molecule has 0 nitrogen and oxygen atoms in total. The lowest BCUT2D eigenvalue weighted by molar-refractivity contribution is -0.359. The Kier molecular flexibility index (Phi) is 6.96. The first kappa shape index (κ1) is 32.2. The maximum Gasteiger partial charge on any atom is 0.460 e. The second kappa shape index (κ2) is 8.85. The quantitative estimate of drug-likeness (QED) is 0.116. The van der Waals surface area contributed by atoms with Crippen LogP contribution in [-0.2, 0) is 11.8 Å². The SMILES string of the molecule is Fc1[c]c2c(C(F)(F)C(F)(F)C(F)(F)F)c3c(F)c(F)c(F)c(F)c3c(C(F)(F)C(F)(F)C(F)(F)F)c2c(F)c1F. The van der Waals surface area contributed by atoms with Crippen molar-refractivity contribution in [3.8, 4) is 0 Å². The van der Waals surface area contributed by atoms with E-state index in [9.17, 15) is 92.2 Å². The number of rotatable bonds is 4. The summed E-state index contributed by atoms with van der Waals surface area (Å²) >= 11 is 0. The van der Waals surface area contributed by atoms with Crippen LogP contribution in [0.2, 0.25) is 0 Å². The number of benzene rings is 3. The lowest BCUT2D eigenvalue weighted by Crippen LogP contribution is -2.51. The predicted molar refractivity (Wildman–Crippen MR) is 89.8 cm³/mol. The normalized spacial score (nSPS) is 14.5. The highest BCUT2D eigenvalue weighted by atomic mass is 19.4. The smallest absolute Gasteiger partial charge is 0.203 e. The standard InChI is InChI=1S/C20F21/c21-3-1-2-4(10(23)9(3)22)8(16(30,31)18(34,35)20(39,40)41)6-5(11(24)13(26)14(27)12(6)25)7(2)15(28,29)17(32,33)19(36,37)38. The number of hydrogen-bond acceptors (Lipinski definition) is 0. The van der Waals surface area contributed by atoms with Crippen molar-refractivity contribution in [2.75, 3.05) is 0 Å². The number of fused-ring (bicyclic) bond motifs is 2. The number of halogens is 21. The molecule has 0 bridgehead atoms. The van der Waals surface area contributed by atoms with Crippen LogP contribution in [0, 0.1) is 46.8 Å². The second-order valence-electron chi connectivity index (χ2n) is 7.87. The molecule has 0 amide bonds. The van der Waals surface area contributed by atoms with Gasteiger partial charge in [0.25, 0.3) is 0 Å². The van der Waals surface area contributed by atoms with E-state index in [0.29, 0.717) is 0 Å². The van der Waals surface area contributed by atoms with Crippen molar-refractivity contribution in [3.63, 3.8) is 0 Å². The van der Waals surface area contributed by atoms with Crippen LogP contribution in [0.5, 0.6) is 0 Å². The van der Waals surface area contributed by atoms with E-state index in [1.54, 1.807) is 0 Å². The maximum absolute atomic E-state index is 14.8. The summed E-state index contributed by atoms with van der Waals surface area (Å²) in [5.41, 5.74) is -7.78. The fourth-order valence-electron chi connectivity index (χ4n) is 3.61. The summed E-state index contributed by atoms with van der Waals surface area (Å²) in [6.07, 6.45) is -15.1. The molecule has 21 heteroatoms. The molecule has 0 aliphatic carbocycles. The third-order valence-electron chi connectivity index (χ3n) is 5.49. The highest BCUT2D eigenvalue weighted by Crippen LogP contribution is 2.60. The molecule has 0 saturated carbocycles. The Balaban J connectivity index is 2.97. The summed E-state index contributed by atoms with van der Waals surface area (Å²) in [5, 5.41) is -13.8. The first-order valence-electron chi connectivity index (χ1n) is 9.47. The summed E-state index contributed by atoms with van der Waals surface area (Å²) in [4.78, 5) is 0. The molecule has 0 aromatic heterocycles. The summed E-state index contributed by atoms with van der Waals surface area (Å²) in [6, 6.07) is 0.246. The van der Waals surface area contributed by atoms with Crippen LogP contribution >= 0.6 is 0 Å². The van der Waals surface area contributed by atoms with Gasteiger partial charge in [-0.05, 0) is 0 Å². The Morgan fingerprint density at radius 1 is 0.366 bits per heavy atom. The molecule has 0 atom stereocenters. The third-order valence-corrected chi connectivity index (χ3v) is 5.49. The molecular weight excluding hydrogens is 639 g/mol. The molecule has 0 saturated heterocycles. The molecule has 3 aromatic rings. The molecule has 1 radical (unpaired) electrons. The Morgan fingerprint density at radius 3 is 1.05 bits per heavy atom. The van der Waals surface area contributed by atoms with Crippen LogP contribution in [-0.4, -0.2) is 24.2 Å². The molecule has 0 spiro atoms. The van der Waals surface area contributed by atoms with Gasteiger partial charge in [0.2, 0.25) is 0 Å². The molecule has 227 valence electrons. The van der Waals surface area contributed by atoms with E-state index in [1.807, 2.05) is 0 Å². The van der Waals surface area contributed by atoms with Crippen LogP contribution in [0.4, 0.5) is 92.2 Å². The van der Waals surface area contributed by atoms with Crippen molar-refractivity contribution in [1.29, 1.82) is 0 Å². The van der Waals surface area contributed by atoms with E-state index < -0.39 is 109 Å². The first-order valence-corrected chi connectivity index (χ1v) is 9.47. The van der Waals surface area contributed by atoms with Gasteiger partial charge < -0.3 is 0 Å². The Labute approximate surface area is 208 Å². The predicted octanol–water partition coefficient (Wildman–Crippen LogP) is 9.35. The van der Waals surface area contributed by atoms with E-state index in [4.69, 9.17) is 0 Å². The summed E-state index contributed by atoms with van der Waals surface area (Å²) in [5.74, 6) is -55.0. The van der Waals surface area contributed by atoms with Crippen LogP contribution in [0.1, 0.15) is 11.1 Å². The van der Waals surface area contributed by atoms with Gasteiger partial charge >= 0.3 is 36.0 Å². The van der Waals surface area contributed by atoms with Gasteiger partial charge in [0.05, 0.1) is 0 Å². The molecule has 0 fully saturated rings. The van der Waals surface area contributed by atoms with Crippen molar-refractivity contribution in [2.45, 2.75) is 36.0 Å². The van der Waals surface area contributed by atoms with Crippen LogP contribution in [0.15, 0.2) is 0 Å². The topological polar surface area (TPSA) is 0 Å². The van der Waals surface area contributed by atoms with Crippen molar-refractivity contribution >= 4 is 21.5 Å². The van der Waals surface area contributed by atoms with Gasteiger partial charge in [-0.2, -0.15) is 61.5 Å². The zero-order valence-electron chi connectivity index (χ0n) is 17.9. The van der Waals surface area contributed by atoms with Gasteiger partial charge in [0, 0.05) is 38.7 Å². The molecule has 0 N–H and O–H groups in total. The van der Waals surface area contributed by atoms with E-state index in [-0.39, 0.29) is 6.07 Å². The zero-order chi connectivity index (χ0) is 32.2. The molecule has 41 heavy (non-hydrogen) atoms. The maximum atomic E-state index is 14.8. The van der Waals surface area contributed by atoms with Crippen LogP contribution in [0.3, 0.4) is 0 Å². The molecular formula is C20F21. The minimum Gasteiger partial charge on any atom is -0.203 e. The average Bonchev–Trinajstić information content (AvgIpc) is 2.81. The Morgan fingerprint density at radius 2 is 0.683 bits per heavy atom. The average molecular weight is 639 g/mol. The largest absolute Gasteiger partial charge is 0.460 e. The van der Waals surface area contributed by atoms with Crippen molar-refractivity contribution in [3.05, 3.63) is 57.9 Å². The minimum atomic E-state index is -7.72. The van der Waals surface area contributed by atoms with Gasteiger partial charge in [0.1, 0.15) is 0 Å². The van der Waals surface area contributed by atoms with E-state index in [1.165, 1.54) is 0 Å². The van der Waals surface area contributed by atoms with Gasteiger partial charge in [-0.25, -0.2) is 30.7 Å². The lowest BCUT2D eigenvalue weighted by atomic mass is 9.82. The Hall–Kier alpha value is -3.29. The molecule has 3 rings (SSSR count). The molecule has 0 unspecified atom stereocenters. The monoisotopic (exact) mass is 639 g/mol. The van der Waals surface area contributed by atoms with Crippen LogP contribution < -0.4 is 0 Å². The van der Waals surface area contributed by atoms with Crippen LogP contribution in [0.25, 0.3) is 21.5 Å². The second-order valence-corrected chi connectivity index (χ2v) is 7.87. The van der Waals surface area contributed by atoms with Gasteiger partial charge in [-0.15, -0.1) is 0 Å². The fourth-order valence-corrected chi connectivity index (χ4v) is 3.61. The highest BCUT2D eigenvalue weighted by molar-refractivity contribution is 6.08. The molecule has 3 aromatic carbocycles. The highest BCUT2D eigenvalue weighted by Gasteiger charge is 2.76. The summed E-state index contributed by atoms with van der Waals surface area (Å²) < 4.78 is 291. The molecule has 0 aliphatic rings. The van der Waals surface area contributed by atoms with Gasteiger partial charge in [0.15, 0.2) is 40.7 Å². The van der Waals surface area contributed by atoms with Crippen molar-refractivity contribution in [1.82, 2.24) is 0 Å². The molecule has 0 aliphatic heterocycles. The van der Waals surface area contributed by atoms with E-state index >= 15 is 0 Å². The van der Waals surface area contributed by atoms with E-state index in [0.717, 1.165) is 0 Å². The minimum absolute atomic E-state index is 0.246.